The van der Waals surface area contributed by atoms with E-state index in [4.69, 9.17) is 10.5 Å². The summed E-state index contributed by atoms with van der Waals surface area (Å²) in [4.78, 5) is 25.5. The van der Waals surface area contributed by atoms with Crippen molar-refractivity contribution in [3.63, 3.8) is 0 Å². The zero-order valence-corrected chi connectivity index (χ0v) is 17.8. The number of hydrogen-bond acceptors (Lipinski definition) is 7. The van der Waals surface area contributed by atoms with Crippen LogP contribution in [-0.4, -0.2) is 55.3 Å². The van der Waals surface area contributed by atoms with E-state index in [1.807, 2.05) is 12.1 Å². The number of carbonyl (C=O) groups excluding carboxylic acids is 1. The minimum absolute atomic E-state index is 0.161. The van der Waals surface area contributed by atoms with Gasteiger partial charge in [0.25, 0.3) is 5.91 Å². The van der Waals surface area contributed by atoms with Crippen molar-refractivity contribution in [3.05, 3.63) is 36.2 Å². The number of nitrogens with two attached hydrogens (primary N) is 1. The number of nitrogens with zero attached hydrogens (tertiary/aromatic N) is 4. The Labute approximate surface area is 182 Å². The normalized spacial score (nSPS) is 20.4. The van der Waals surface area contributed by atoms with E-state index in [1.54, 1.807) is 6.20 Å². The summed E-state index contributed by atoms with van der Waals surface area (Å²) in [5.74, 6) is 0.610. The zero-order valence-electron chi connectivity index (χ0n) is 17.8. The van der Waals surface area contributed by atoms with Crippen LogP contribution in [0.3, 0.4) is 0 Å². The van der Waals surface area contributed by atoms with Gasteiger partial charge in [0, 0.05) is 43.0 Å². The molecule has 164 valence electrons. The molecule has 3 aliphatic rings. The van der Waals surface area contributed by atoms with Gasteiger partial charge >= 0.3 is 0 Å². The Morgan fingerprint density at radius 2 is 1.71 bits per heavy atom. The summed E-state index contributed by atoms with van der Waals surface area (Å²) in [5, 5.41) is 3.26. The number of primary amides is 1. The number of carbonyl (C=O) groups is 1. The topological polar surface area (TPSA) is 96.6 Å². The highest BCUT2D eigenvalue weighted by Crippen LogP contribution is 2.39. The third kappa shape index (κ3) is 4.17. The molecule has 2 aromatic rings. The maximum Gasteiger partial charge on any atom is 0.271 e. The van der Waals surface area contributed by atoms with Crippen LogP contribution in [0.2, 0.25) is 0 Å². The lowest BCUT2D eigenvalue weighted by molar-refractivity contribution is -0.124. The molecule has 4 heterocycles. The monoisotopic (exact) mass is 422 g/mol. The molecule has 31 heavy (non-hydrogen) atoms. The number of hydrogen-bond donors (Lipinski definition) is 2. The van der Waals surface area contributed by atoms with Crippen LogP contribution in [0.25, 0.3) is 0 Å². The predicted molar refractivity (Wildman–Crippen MR) is 121 cm³/mol. The molecular formula is C23H30N6O2. The van der Waals surface area contributed by atoms with E-state index in [0.29, 0.717) is 11.2 Å². The predicted octanol–water partition coefficient (Wildman–Crippen LogP) is 2.93. The van der Waals surface area contributed by atoms with Gasteiger partial charge in [0.1, 0.15) is 5.82 Å². The van der Waals surface area contributed by atoms with Gasteiger partial charge in [-0.05, 0) is 56.4 Å². The van der Waals surface area contributed by atoms with Crippen molar-refractivity contribution in [2.24, 2.45) is 11.1 Å². The molecule has 1 aromatic heterocycles. The lowest BCUT2D eigenvalue weighted by Gasteiger charge is -2.47. The highest BCUT2D eigenvalue weighted by Gasteiger charge is 2.41. The van der Waals surface area contributed by atoms with Gasteiger partial charge in [-0.25, -0.2) is 9.97 Å². The second-order valence-electron chi connectivity index (χ2n) is 8.99. The van der Waals surface area contributed by atoms with Crippen LogP contribution in [0.15, 0.2) is 30.5 Å². The third-order valence-electron chi connectivity index (χ3n) is 6.81. The summed E-state index contributed by atoms with van der Waals surface area (Å²) in [7, 11) is 0. The van der Waals surface area contributed by atoms with Gasteiger partial charge in [-0.1, -0.05) is 0 Å². The Bertz CT molecular complexity index is 928. The molecule has 0 aliphatic carbocycles. The van der Waals surface area contributed by atoms with Crippen LogP contribution in [0.4, 0.5) is 23.0 Å². The molecule has 3 fully saturated rings. The molecule has 5 rings (SSSR count). The van der Waals surface area contributed by atoms with Gasteiger partial charge in [0.05, 0.1) is 19.4 Å². The maximum absolute atomic E-state index is 11.9. The number of ether oxygens (including phenoxy) is 1. The van der Waals surface area contributed by atoms with Crippen molar-refractivity contribution in [2.45, 2.75) is 32.1 Å². The second-order valence-corrected chi connectivity index (χ2v) is 8.99. The van der Waals surface area contributed by atoms with Gasteiger partial charge in [-0.3, -0.25) is 4.79 Å². The standard InChI is InChI=1S/C23H30N6O2/c24-21(30)20-22(27-19(14-25-20)29-10-2-1-3-11-29)26-17-4-6-18(7-5-17)28-12-8-23(9-13-28)15-31-16-23/h4-7,14H,1-3,8-13,15-16H2,(H2,24,30)(H,26,27). The SMILES string of the molecule is NC(=O)c1ncc(N2CCCCC2)nc1Nc1ccc(N2CCC3(CC2)COC3)cc1. The van der Waals surface area contributed by atoms with Crippen LogP contribution in [0, 0.1) is 5.41 Å². The highest BCUT2D eigenvalue weighted by molar-refractivity contribution is 5.96. The molecule has 8 nitrogen and oxygen atoms in total. The fraction of sp³-hybridized carbons (Fsp3) is 0.522. The van der Waals surface area contributed by atoms with Gasteiger partial charge in [0.15, 0.2) is 11.5 Å². The Kier molecular flexibility index (Phi) is 5.40. The van der Waals surface area contributed by atoms with Gasteiger partial charge in [-0.2, -0.15) is 0 Å². The maximum atomic E-state index is 11.9. The summed E-state index contributed by atoms with van der Waals surface area (Å²) < 4.78 is 5.43. The molecule has 8 heteroatoms. The van der Waals surface area contributed by atoms with Crippen LogP contribution in [0.5, 0.6) is 0 Å². The minimum Gasteiger partial charge on any atom is -0.380 e. The fourth-order valence-electron chi connectivity index (χ4n) is 4.73. The lowest BCUT2D eigenvalue weighted by Crippen LogP contribution is -2.50. The Morgan fingerprint density at radius 1 is 1.00 bits per heavy atom. The van der Waals surface area contributed by atoms with E-state index in [9.17, 15) is 4.79 Å². The van der Waals surface area contributed by atoms with E-state index in [0.717, 1.165) is 63.7 Å². The first kappa shape index (κ1) is 20.1. The van der Waals surface area contributed by atoms with Crippen molar-refractivity contribution in [1.82, 2.24) is 9.97 Å². The molecule has 0 saturated carbocycles. The van der Waals surface area contributed by atoms with Crippen molar-refractivity contribution in [3.8, 4) is 0 Å². The molecule has 1 spiro atoms. The summed E-state index contributed by atoms with van der Waals surface area (Å²) in [6, 6.07) is 8.27. The van der Waals surface area contributed by atoms with Gasteiger partial charge < -0.3 is 25.6 Å². The molecule has 1 aromatic carbocycles. The molecule has 0 bridgehead atoms. The molecule has 0 atom stereocenters. The highest BCUT2D eigenvalue weighted by atomic mass is 16.5. The minimum atomic E-state index is -0.584. The van der Waals surface area contributed by atoms with E-state index < -0.39 is 5.91 Å². The number of amides is 1. The fourth-order valence-corrected chi connectivity index (χ4v) is 4.73. The van der Waals surface area contributed by atoms with Crippen molar-refractivity contribution in [2.75, 3.05) is 54.5 Å². The van der Waals surface area contributed by atoms with E-state index >= 15 is 0 Å². The molecule has 3 saturated heterocycles. The Hall–Kier alpha value is -2.87. The smallest absolute Gasteiger partial charge is 0.271 e. The number of rotatable bonds is 5. The zero-order chi connectivity index (χ0) is 21.3. The van der Waals surface area contributed by atoms with E-state index in [2.05, 4.69) is 37.2 Å². The summed E-state index contributed by atoms with van der Waals surface area (Å²) in [6.45, 7) is 5.88. The van der Waals surface area contributed by atoms with Crippen LogP contribution in [0.1, 0.15) is 42.6 Å². The van der Waals surface area contributed by atoms with E-state index in [1.165, 1.54) is 24.9 Å². The van der Waals surface area contributed by atoms with Crippen LogP contribution in [-0.2, 0) is 4.74 Å². The van der Waals surface area contributed by atoms with Gasteiger partial charge in [-0.15, -0.1) is 0 Å². The lowest BCUT2D eigenvalue weighted by atomic mass is 9.77. The molecule has 3 aliphatic heterocycles. The van der Waals surface area contributed by atoms with Gasteiger partial charge in [0.2, 0.25) is 0 Å². The first-order chi connectivity index (χ1) is 15.1. The Balaban J connectivity index is 1.30. The summed E-state index contributed by atoms with van der Waals surface area (Å²) in [6.07, 6.45) is 7.56. The third-order valence-corrected chi connectivity index (χ3v) is 6.81. The number of benzene rings is 1. The number of anilines is 4. The van der Waals surface area contributed by atoms with Crippen molar-refractivity contribution in [1.29, 1.82) is 0 Å². The molecule has 3 N–H and O–H groups in total. The molecular weight excluding hydrogens is 392 g/mol. The average molecular weight is 423 g/mol. The average Bonchev–Trinajstić information content (AvgIpc) is 2.79. The second kappa shape index (κ2) is 8.34. The summed E-state index contributed by atoms with van der Waals surface area (Å²) in [5.41, 5.74) is 8.21. The van der Waals surface area contributed by atoms with Crippen LogP contribution < -0.4 is 20.9 Å². The quantitative estimate of drug-likeness (QED) is 0.765. The number of nitrogens with one attached hydrogen (secondary N) is 1. The number of piperidine rings is 2. The van der Waals surface area contributed by atoms with Crippen molar-refractivity contribution < 1.29 is 9.53 Å². The molecule has 0 radical (unpaired) electrons. The van der Waals surface area contributed by atoms with Crippen molar-refractivity contribution >= 4 is 28.9 Å². The Morgan fingerprint density at radius 3 is 2.32 bits per heavy atom. The molecule has 0 unspecified atom stereocenters. The van der Waals surface area contributed by atoms with E-state index in [-0.39, 0.29) is 5.69 Å². The first-order valence-electron chi connectivity index (χ1n) is 11.2. The first-order valence-corrected chi connectivity index (χ1v) is 11.2. The number of aromatic nitrogens is 2. The summed E-state index contributed by atoms with van der Waals surface area (Å²) >= 11 is 0. The largest absolute Gasteiger partial charge is 0.380 e. The van der Waals surface area contributed by atoms with Crippen LogP contribution >= 0.6 is 0 Å². The molecule has 1 amide bonds.